The summed E-state index contributed by atoms with van der Waals surface area (Å²) in [7, 11) is 0. The highest BCUT2D eigenvalue weighted by Crippen LogP contribution is 2.24. The third kappa shape index (κ3) is 41.4. The molecule has 0 bridgehead atoms. The highest BCUT2D eigenvalue weighted by atomic mass is 16.4. The van der Waals surface area contributed by atoms with Gasteiger partial charge in [0.1, 0.15) is 74.1 Å². The number of hydrogen-bond acceptors (Lipinski definition) is 36. The molecular weight excluding hydrogens is 1500 g/mol. The van der Waals surface area contributed by atoms with Gasteiger partial charge in [-0.3, -0.25) is 29.3 Å². The molecule has 2 aliphatic rings. The van der Waals surface area contributed by atoms with Crippen LogP contribution in [0.3, 0.4) is 0 Å². The quantitative estimate of drug-likeness (QED) is 0.0295. The van der Waals surface area contributed by atoms with Crippen LogP contribution in [0.5, 0.6) is 0 Å². The predicted octanol–water partition coefficient (Wildman–Crippen LogP) is -3.91. The zero-order valence-electron chi connectivity index (χ0n) is 67.4. The molecule has 8 unspecified atom stereocenters. The number of aliphatic hydroxyl groups excluding tert-OH is 1. The Morgan fingerprint density at radius 3 is 0.957 bits per heavy atom. The number of hydrogen-bond donors (Lipinski definition) is 6. The standard InChI is InChI=1S/C74H114N15O18.4CH2O/c1-50(90)8-24-60(68(100)101)82-34-35-83(61(69(102)103)25-9-51(2)91)40-45-89(49-48-87(43-38-82)65(97)29-12-54(5)94)67(99)31-19-57-16-22-59(23-17-57)78-74-80-72(76-33-7-32-75)79-73(81-74)77-58-20-14-56(15-21-58)18-27-63(71(106)107)85-37-36-84(62(70(104)105)26-10-52(3)92)39-42-86(64(96)28-11-53(4)93)46-47-88(44-41-85)66(98)30-13-55(6)95;4*1-2/h14-17,20-23,60-67,96H,7-13,18-19,24-49,75H2,1-6H3,(H,100,101)(H,102,103)(H,104,105)(H,106,107)(H3,76,77,78,79,80,81);4*1H2/q-3;;;;/p-3. The Bertz CT molecular complexity index is 3400. The van der Waals surface area contributed by atoms with E-state index < -0.39 is 73.0 Å². The van der Waals surface area contributed by atoms with Crippen molar-refractivity contribution in [2.45, 2.75) is 200 Å². The first-order valence-electron chi connectivity index (χ1n) is 38.4. The normalized spacial score (nSPS) is 17.1. The van der Waals surface area contributed by atoms with Crippen LogP contribution < -0.4 is 52.3 Å². The molecule has 5 rings (SSSR count). The Hall–Kier alpha value is -9.09. The van der Waals surface area contributed by atoms with Crippen LogP contribution in [0.1, 0.15) is 149 Å². The fourth-order valence-corrected chi connectivity index (χ4v) is 13.1. The van der Waals surface area contributed by atoms with E-state index in [0.717, 1.165) is 11.1 Å². The Kier molecular flexibility index (Phi) is 53.0. The number of carbonyl (C=O) groups is 14. The zero-order valence-corrected chi connectivity index (χ0v) is 67.4. The number of carboxylic acid groups (broad SMARTS) is 4. The van der Waals surface area contributed by atoms with Crippen molar-refractivity contribution in [1.29, 1.82) is 0 Å². The second-order valence-electron chi connectivity index (χ2n) is 28.0. The summed E-state index contributed by atoms with van der Waals surface area (Å²) < 4.78 is 0. The van der Waals surface area contributed by atoms with Gasteiger partial charge in [-0.25, -0.2) is 0 Å². The predicted molar refractivity (Wildman–Crippen MR) is 414 cm³/mol. The lowest BCUT2D eigenvalue weighted by molar-refractivity contribution is -0.466. The van der Waals surface area contributed by atoms with E-state index >= 15 is 0 Å². The SMILES string of the molecule is C=O.C=O.C=O.C=O.CC(=O)CCC([O-])N1CCN(C(O)CCC(C)=O)CCN(C(CCC(C)=O)C(=O)[O-])CCN(C(CCc2ccc(Nc3nc(NCCCN)nc(Nc4ccc(CCC([O-])N5CCN(C([O-])CCC(C)=O)CCN(C(CCC(C)=O)C(=O)O)CCN(C(CCC(C)=O)C(=O)[O-])CC5)cc4)n3)cc2)C(=O)[O-])CC1. The molecule has 644 valence electrons. The molecular formula is C78H119N15O22-6. The van der Waals surface area contributed by atoms with Gasteiger partial charge in [0, 0.05) is 179 Å². The van der Waals surface area contributed by atoms with E-state index in [0.29, 0.717) is 37.3 Å². The summed E-state index contributed by atoms with van der Waals surface area (Å²) in [6.07, 6.45) is -4.21. The molecule has 0 aliphatic carbocycles. The van der Waals surface area contributed by atoms with Crippen LogP contribution in [0, 0.1) is 0 Å². The molecule has 3 heterocycles. The van der Waals surface area contributed by atoms with Gasteiger partial charge < -0.3 is 140 Å². The Labute approximate surface area is 673 Å². The fraction of sp³-hybridized carbons (Fsp3) is 0.628. The summed E-state index contributed by atoms with van der Waals surface area (Å²) in [4.78, 5) is 183. The summed E-state index contributed by atoms with van der Waals surface area (Å²) in [6.45, 7) is 17.7. The summed E-state index contributed by atoms with van der Waals surface area (Å²) in [5.74, 6) is -6.15. The monoisotopic (exact) mass is 1620 g/mol. The number of Topliss-reactive ketones (excluding diaryl/α,β-unsaturated/α-hetero) is 6. The summed E-state index contributed by atoms with van der Waals surface area (Å²) in [5, 5.41) is 112. The van der Waals surface area contributed by atoms with E-state index in [1.807, 2.05) is 39.3 Å². The number of rotatable bonds is 44. The van der Waals surface area contributed by atoms with E-state index in [4.69, 9.17) is 24.9 Å². The van der Waals surface area contributed by atoms with Gasteiger partial charge in [0.2, 0.25) is 17.8 Å². The van der Waals surface area contributed by atoms with E-state index in [1.54, 1.807) is 75.6 Å². The van der Waals surface area contributed by atoms with E-state index in [2.05, 4.69) is 30.9 Å². The Morgan fingerprint density at radius 2 is 0.643 bits per heavy atom. The number of ketones is 6. The van der Waals surface area contributed by atoms with Crippen molar-refractivity contribution in [3.05, 3.63) is 59.7 Å². The first kappa shape index (κ1) is 104. The first-order valence-corrected chi connectivity index (χ1v) is 38.4. The highest BCUT2D eigenvalue weighted by molar-refractivity contribution is 5.80. The van der Waals surface area contributed by atoms with Gasteiger partial charge in [0.05, 0.1) is 17.9 Å². The minimum atomic E-state index is -1.44. The average Bonchev–Trinajstić information content (AvgIpc) is 0.844. The van der Waals surface area contributed by atoms with Crippen LogP contribution in [0.15, 0.2) is 48.5 Å². The number of nitrogens with two attached hydrogens (primary N) is 1. The van der Waals surface area contributed by atoms with Gasteiger partial charge in [0.25, 0.3) is 0 Å². The van der Waals surface area contributed by atoms with Crippen LogP contribution in [0.25, 0.3) is 0 Å². The number of nitrogens with one attached hydrogen (secondary N) is 3. The first-order chi connectivity index (χ1) is 54.9. The van der Waals surface area contributed by atoms with Crippen molar-refractivity contribution < 1.29 is 108 Å². The maximum Gasteiger partial charge on any atom is 0.320 e. The van der Waals surface area contributed by atoms with Gasteiger partial charge >= 0.3 is 5.97 Å². The molecule has 37 heteroatoms. The van der Waals surface area contributed by atoms with Crippen molar-refractivity contribution in [2.24, 2.45) is 5.73 Å². The molecule has 1 aromatic heterocycles. The van der Waals surface area contributed by atoms with Crippen molar-refractivity contribution >= 4 is 115 Å². The minimum absolute atomic E-state index is 0.00460. The van der Waals surface area contributed by atoms with Gasteiger partial charge in [-0.05, 0) is 154 Å². The number of aliphatic carboxylic acids is 4. The number of aromatic nitrogens is 3. The zero-order chi connectivity index (χ0) is 86.7. The molecule has 0 radical (unpaired) electrons. The van der Waals surface area contributed by atoms with Gasteiger partial charge in [-0.1, -0.05) is 42.9 Å². The van der Waals surface area contributed by atoms with Crippen LogP contribution in [0.2, 0.25) is 0 Å². The maximum atomic E-state index is 14.5. The van der Waals surface area contributed by atoms with Crippen LogP contribution >= 0.6 is 0 Å². The summed E-state index contributed by atoms with van der Waals surface area (Å²) in [6, 6.07) is 9.45. The lowest BCUT2D eigenvalue weighted by Crippen LogP contribution is -2.58. The lowest BCUT2D eigenvalue weighted by Gasteiger charge is -2.44. The molecule has 2 fully saturated rings. The lowest BCUT2D eigenvalue weighted by atomic mass is 10.0. The molecule has 0 spiro atoms. The number of carbonyl (C=O) groups excluding carboxylic acids is 13. The molecule has 2 aromatic carbocycles. The molecule has 0 saturated carbocycles. The van der Waals surface area contributed by atoms with E-state index in [-0.39, 0.29) is 254 Å². The topological polar surface area (TPSA) is 544 Å². The molecule has 3 aromatic rings. The van der Waals surface area contributed by atoms with Crippen molar-refractivity contribution in [2.75, 3.05) is 134 Å². The average molecular weight is 1620 g/mol. The number of aryl methyl sites for hydroxylation is 2. The second kappa shape index (κ2) is 58.7. The van der Waals surface area contributed by atoms with Crippen LogP contribution in [-0.2, 0) is 80.0 Å². The van der Waals surface area contributed by atoms with E-state index in [1.165, 1.54) is 41.5 Å². The molecule has 7 N–H and O–H groups in total. The highest BCUT2D eigenvalue weighted by Gasteiger charge is 2.32. The van der Waals surface area contributed by atoms with Crippen LogP contribution in [0.4, 0.5) is 29.2 Å². The Balaban J connectivity index is 0.00000800. The van der Waals surface area contributed by atoms with E-state index in [9.17, 15) is 88.8 Å². The van der Waals surface area contributed by atoms with Gasteiger partial charge in [-0.2, -0.15) is 15.0 Å². The second-order valence-corrected chi connectivity index (χ2v) is 28.0. The number of nitrogens with zero attached hydrogens (tertiary/aromatic N) is 11. The number of carboxylic acids is 4. The molecule has 115 heavy (non-hydrogen) atoms. The Morgan fingerprint density at radius 1 is 0.383 bits per heavy atom. The van der Waals surface area contributed by atoms with Gasteiger partial charge in [0.15, 0.2) is 0 Å². The smallest absolute Gasteiger partial charge is 0.320 e. The van der Waals surface area contributed by atoms with Crippen molar-refractivity contribution in [1.82, 2.24) is 54.2 Å². The third-order valence-electron chi connectivity index (χ3n) is 19.6. The summed E-state index contributed by atoms with van der Waals surface area (Å²) in [5.41, 5.74) is 8.48. The molecule has 0 amide bonds. The van der Waals surface area contributed by atoms with Gasteiger partial charge in [-0.15, -0.1) is 0 Å². The summed E-state index contributed by atoms with van der Waals surface area (Å²) >= 11 is 0. The maximum absolute atomic E-state index is 14.5. The van der Waals surface area contributed by atoms with Crippen molar-refractivity contribution in [3.8, 4) is 0 Å². The molecule has 2 saturated heterocycles. The fourth-order valence-electron chi connectivity index (χ4n) is 13.1. The third-order valence-corrected chi connectivity index (χ3v) is 19.6. The molecule has 8 atom stereocenters. The van der Waals surface area contributed by atoms with Crippen molar-refractivity contribution in [3.63, 3.8) is 0 Å². The largest absolute Gasteiger partial charge is 0.841 e. The number of aliphatic hydroxyl groups is 1. The molecule has 37 nitrogen and oxygen atoms in total. The number of anilines is 5. The van der Waals surface area contributed by atoms with Crippen LogP contribution in [-0.4, -0.2) is 317 Å². The molecule has 2 aliphatic heterocycles. The number of benzene rings is 2. The minimum Gasteiger partial charge on any atom is -0.841 e.